The van der Waals surface area contributed by atoms with Crippen LogP contribution in [0.3, 0.4) is 0 Å². The maximum Gasteiger partial charge on any atom is 0.319 e. The number of furan rings is 1. The van der Waals surface area contributed by atoms with Crippen LogP contribution in [0.5, 0.6) is 11.5 Å². The average molecular weight is 320 g/mol. The van der Waals surface area contributed by atoms with Crippen molar-refractivity contribution in [2.45, 2.75) is 6.10 Å². The first-order valence-corrected chi connectivity index (χ1v) is 7.01. The van der Waals surface area contributed by atoms with Crippen LogP contribution in [0.15, 0.2) is 41.0 Å². The minimum absolute atomic E-state index is 0.272. The Kier molecular flexibility index (Phi) is 5.87. The second-order valence-corrected chi connectivity index (χ2v) is 4.64. The molecule has 1 aromatic heterocycles. The third-order valence-corrected chi connectivity index (χ3v) is 3.25. The quantitative estimate of drug-likeness (QED) is 0.820. The van der Waals surface area contributed by atoms with Crippen LogP contribution in [0.2, 0.25) is 0 Å². The summed E-state index contributed by atoms with van der Waals surface area (Å²) in [4.78, 5) is 12.0. The molecule has 0 fully saturated rings. The molecule has 7 heteroatoms. The molecule has 2 aromatic rings. The van der Waals surface area contributed by atoms with E-state index in [9.17, 15) is 4.79 Å². The number of hydrogen-bond donors (Lipinski definition) is 2. The fourth-order valence-electron chi connectivity index (χ4n) is 2.03. The molecule has 1 unspecified atom stereocenters. The van der Waals surface area contributed by atoms with Gasteiger partial charge in [-0.2, -0.15) is 0 Å². The molecule has 0 saturated carbocycles. The SMILES string of the molecule is COc1ccc(NC(=O)NCC(OC)c2ccco2)c(OC)c1. The van der Waals surface area contributed by atoms with Crippen molar-refractivity contribution >= 4 is 11.7 Å². The lowest BCUT2D eigenvalue weighted by molar-refractivity contribution is 0.0855. The highest BCUT2D eigenvalue weighted by Gasteiger charge is 2.15. The van der Waals surface area contributed by atoms with E-state index >= 15 is 0 Å². The third-order valence-electron chi connectivity index (χ3n) is 3.25. The van der Waals surface area contributed by atoms with E-state index in [2.05, 4.69) is 10.6 Å². The first-order chi connectivity index (χ1) is 11.2. The minimum atomic E-state index is -0.373. The number of nitrogens with one attached hydrogen (secondary N) is 2. The number of benzene rings is 1. The molecule has 1 aromatic carbocycles. The van der Waals surface area contributed by atoms with E-state index < -0.39 is 0 Å². The van der Waals surface area contributed by atoms with E-state index in [1.807, 2.05) is 0 Å². The van der Waals surface area contributed by atoms with Gasteiger partial charge >= 0.3 is 6.03 Å². The van der Waals surface area contributed by atoms with Crippen LogP contribution in [-0.4, -0.2) is 33.9 Å². The smallest absolute Gasteiger partial charge is 0.319 e. The summed E-state index contributed by atoms with van der Waals surface area (Å²) < 4.78 is 20.9. The summed E-state index contributed by atoms with van der Waals surface area (Å²) in [6.07, 6.45) is 1.21. The monoisotopic (exact) mass is 320 g/mol. The Hall–Kier alpha value is -2.67. The fourth-order valence-corrected chi connectivity index (χ4v) is 2.03. The van der Waals surface area contributed by atoms with Crippen molar-refractivity contribution in [2.75, 3.05) is 33.2 Å². The van der Waals surface area contributed by atoms with Gasteiger partial charge in [-0.1, -0.05) is 0 Å². The normalized spacial score (nSPS) is 11.6. The van der Waals surface area contributed by atoms with E-state index in [0.717, 1.165) is 0 Å². The summed E-state index contributed by atoms with van der Waals surface area (Å²) in [6.45, 7) is 0.272. The first kappa shape index (κ1) is 16.7. The molecule has 2 rings (SSSR count). The highest BCUT2D eigenvalue weighted by atomic mass is 16.5. The van der Waals surface area contributed by atoms with Crippen molar-refractivity contribution in [1.82, 2.24) is 5.32 Å². The molecule has 124 valence electrons. The molecule has 23 heavy (non-hydrogen) atoms. The second kappa shape index (κ2) is 8.09. The molecule has 0 aliphatic heterocycles. The lowest BCUT2D eigenvalue weighted by Gasteiger charge is -2.15. The highest BCUT2D eigenvalue weighted by Crippen LogP contribution is 2.28. The van der Waals surface area contributed by atoms with Crippen molar-refractivity contribution in [1.29, 1.82) is 0 Å². The zero-order chi connectivity index (χ0) is 16.7. The molecule has 0 aliphatic rings. The highest BCUT2D eigenvalue weighted by molar-refractivity contribution is 5.91. The minimum Gasteiger partial charge on any atom is -0.497 e. The van der Waals surface area contributed by atoms with E-state index in [4.69, 9.17) is 18.6 Å². The molecule has 1 atom stereocenters. The predicted octanol–water partition coefficient (Wildman–Crippen LogP) is 2.81. The second-order valence-electron chi connectivity index (χ2n) is 4.64. The first-order valence-electron chi connectivity index (χ1n) is 7.01. The van der Waals surface area contributed by atoms with Gasteiger partial charge in [-0.15, -0.1) is 0 Å². The number of anilines is 1. The number of ether oxygens (including phenoxy) is 3. The Balaban J connectivity index is 1.94. The lowest BCUT2D eigenvalue weighted by Crippen LogP contribution is -2.32. The van der Waals surface area contributed by atoms with Crippen molar-refractivity contribution < 1.29 is 23.4 Å². The number of amides is 2. The number of rotatable bonds is 7. The van der Waals surface area contributed by atoms with Gasteiger partial charge in [0, 0.05) is 13.2 Å². The maximum absolute atomic E-state index is 12.0. The van der Waals surface area contributed by atoms with E-state index in [1.54, 1.807) is 50.8 Å². The van der Waals surface area contributed by atoms with Crippen LogP contribution in [-0.2, 0) is 4.74 Å². The van der Waals surface area contributed by atoms with Crippen LogP contribution < -0.4 is 20.1 Å². The Morgan fingerprint density at radius 3 is 2.65 bits per heavy atom. The average Bonchev–Trinajstić information content (AvgIpc) is 3.10. The number of urea groups is 1. The number of carbonyl (C=O) groups is 1. The zero-order valence-electron chi connectivity index (χ0n) is 13.3. The van der Waals surface area contributed by atoms with E-state index in [0.29, 0.717) is 22.9 Å². The summed E-state index contributed by atoms with van der Waals surface area (Å²) in [7, 11) is 4.64. The van der Waals surface area contributed by atoms with Gasteiger partial charge in [-0.05, 0) is 24.3 Å². The Labute approximate surface area is 134 Å². The molecule has 0 bridgehead atoms. The Morgan fingerprint density at radius 1 is 1.22 bits per heavy atom. The number of hydrogen-bond acceptors (Lipinski definition) is 5. The molecule has 2 N–H and O–H groups in total. The van der Waals surface area contributed by atoms with Gasteiger partial charge in [-0.25, -0.2) is 4.79 Å². The molecule has 7 nitrogen and oxygen atoms in total. The van der Waals surface area contributed by atoms with Gasteiger partial charge in [0.05, 0.1) is 32.7 Å². The lowest BCUT2D eigenvalue weighted by atomic mass is 10.2. The molecule has 0 saturated heterocycles. The standard InChI is InChI=1S/C16H20N2O5/c1-20-11-6-7-12(14(9-11)21-2)18-16(19)17-10-15(22-3)13-5-4-8-23-13/h4-9,15H,10H2,1-3H3,(H2,17,18,19). The van der Waals surface area contributed by atoms with Gasteiger partial charge in [0.2, 0.25) is 0 Å². The van der Waals surface area contributed by atoms with Crippen molar-refractivity contribution in [3.05, 3.63) is 42.4 Å². The van der Waals surface area contributed by atoms with Crippen LogP contribution in [0.1, 0.15) is 11.9 Å². The van der Waals surface area contributed by atoms with Gasteiger partial charge in [0.1, 0.15) is 23.4 Å². The van der Waals surface area contributed by atoms with Crippen LogP contribution in [0.25, 0.3) is 0 Å². The van der Waals surface area contributed by atoms with Crippen molar-refractivity contribution in [3.63, 3.8) is 0 Å². The number of methoxy groups -OCH3 is 3. The summed E-state index contributed by atoms with van der Waals surface area (Å²) in [5, 5.41) is 5.45. The van der Waals surface area contributed by atoms with Crippen LogP contribution >= 0.6 is 0 Å². The van der Waals surface area contributed by atoms with Gasteiger partial charge in [0.25, 0.3) is 0 Å². The van der Waals surface area contributed by atoms with Gasteiger partial charge in [-0.3, -0.25) is 0 Å². The summed E-state index contributed by atoms with van der Waals surface area (Å²) in [5.74, 6) is 1.80. The van der Waals surface area contributed by atoms with E-state index in [1.165, 1.54) is 7.11 Å². The Bertz CT molecular complexity index is 627. The summed E-state index contributed by atoms with van der Waals surface area (Å²) in [5.41, 5.74) is 0.540. The molecule has 0 spiro atoms. The number of carbonyl (C=O) groups excluding carboxylic acids is 1. The molecular weight excluding hydrogens is 300 g/mol. The van der Waals surface area contributed by atoms with E-state index in [-0.39, 0.29) is 18.7 Å². The molecule has 2 amide bonds. The largest absolute Gasteiger partial charge is 0.497 e. The van der Waals surface area contributed by atoms with Crippen molar-refractivity contribution in [3.8, 4) is 11.5 Å². The topological polar surface area (TPSA) is 82.0 Å². The fraction of sp³-hybridized carbons (Fsp3) is 0.312. The third kappa shape index (κ3) is 4.40. The molecule has 0 radical (unpaired) electrons. The summed E-state index contributed by atoms with van der Waals surface area (Å²) >= 11 is 0. The maximum atomic E-state index is 12.0. The van der Waals surface area contributed by atoms with Crippen molar-refractivity contribution in [2.24, 2.45) is 0 Å². The Morgan fingerprint density at radius 2 is 2.04 bits per heavy atom. The molecule has 0 aliphatic carbocycles. The van der Waals surface area contributed by atoms with Gasteiger partial charge < -0.3 is 29.3 Å². The van der Waals surface area contributed by atoms with Crippen LogP contribution in [0, 0.1) is 0 Å². The molecule has 1 heterocycles. The predicted molar refractivity (Wildman–Crippen MR) is 85.0 cm³/mol. The summed E-state index contributed by atoms with van der Waals surface area (Å²) in [6, 6.07) is 8.32. The van der Waals surface area contributed by atoms with Gasteiger partial charge in [0.15, 0.2) is 0 Å². The zero-order valence-corrected chi connectivity index (χ0v) is 13.3. The van der Waals surface area contributed by atoms with Crippen LogP contribution in [0.4, 0.5) is 10.5 Å². The molecular formula is C16H20N2O5.